The number of aliphatic carboxylic acids is 1. The molecule has 1 aromatic heterocycles. The van der Waals surface area contributed by atoms with Crippen LogP contribution in [0.4, 0.5) is 8.78 Å². The quantitative estimate of drug-likeness (QED) is 0.173. The number of rotatable bonds is 12. The van der Waals surface area contributed by atoms with Crippen LogP contribution in [0.2, 0.25) is 5.02 Å². The fourth-order valence-corrected chi connectivity index (χ4v) is 5.20. The number of amides is 1. The van der Waals surface area contributed by atoms with E-state index < -0.39 is 18.6 Å². The third-order valence-electron chi connectivity index (χ3n) is 6.76. The Bertz CT molecular complexity index is 1440. The first kappa shape index (κ1) is 28.1. The summed E-state index contributed by atoms with van der Waals surface area (Å²) in [7, 11) is 0. The number of ether oxygens (including phenoxy) is 1. The van der Waals surface area contributed by atoms with E-state index in [1.807, 2.05) is 24.3 Å². The number of benzene rings is 3. The molecular weight excluding hydrogens is 526 g/mol. The predicted molar refractivity (Wildman–Crippen MR) is 147 cm³/mol. The van der Waals surface area contributed by atoms with Gasteiger partial charge in [0.05, 0.1) is 11.9 Å². The minimum absolute atomic E-state index is 0.0399. The maximum atomic E-state index is 14.8. The van der Waals surface area contributed by atoms with Gasteiger partial charge in [-0.1, -0.05) is 49.2 Å². The van der Waals surface area contributed by atoms with Crippen molar-refractivity contribution >= 4 is 34.4 Å². The van der Waals surface area contributed by atoms with Crippen molar-refractivity contribution in [2.24, 2.45) is 0 Å². The molecule has 0 radical (unpaired) electrons. The van der Waals surface area contributed by atoms with Gasteiger partial charge in [-0.05, 0) is 65.4 Å². The Morgan fingerprint density at radius 1 is 1.08 bits per heavy atom. The van der Waals surface area contributed by atoms with Gasteiger partial charge in [-0.3, -0.25) is 9.59 Å². The number of fused-ring (bicyclic) bond motifs is 1. The second-order valence-corrected chi connectivity index (χ2v) is 9.71. The number of H-pyrrole nitrogens is 1. The molecule has 1 amide bonds. The number of carbonyl (C=O) groups is 2. The lowest BCUT2D eigenvalue weighted by Crippen LogP contribution is -2.26. The molecule has 3 N–H and O–H groups in total. The zero-order chi connectivity index (χ0) is 27.9. The van der Waals surface area contributed by atoms with Crippen molar-refractivity contribution in [3.8, 4) is 5.75 Å². The van der Waals surface area contributed by atoms with Crippen LogP contribution >= 0.6 is 11.6 Å². The molecule has 0 aliphatic rings. The van der Waals surface area contributed by atoms with Crippen LogP contribution in [0.5, 0.6) is 5.75 Å². The fourth-order valence-electron chi connectivity index (χ4n) is 5.00. The number of hydrogen-bond donors (Lipinski definition) is 3. The highest BCUT2D eigenvalue weighted by Crippen LogP contribution is 2.45. The van der Waals surface area contributed by atoms with Crippen LogP contribution < -0.4 is 10.1 Å². The zero-order valence-electron chi connectivity index (χ0n) is 21.3. The summed E-state index contributed by atoms with van der Waals surface area (Å²) in [6, 6.07) is 17.4. The highest BCUT2D eigenvalue weighted by Gasteiger charge is 2.29. The van der Waals surface area contributed by atoms with Gasteiger partial charge in [0, 0.05) is 34.6 Å². The fraction of sp³-hybridized carbons (Fsp3) is 0.267. The lowest BCUT2D eigenvalue weighted by Gasteiger charge is -2.28. The minimum atomic E-state index is -0.984. The van der Waals surface area contributed by atoms with Gasteiger partial charge in [-0.2, -0.15) is 0 Å². The molecule has 1 heterocycles. The number of halogens is 3. The molecule has 0 bridgehead atoms. The molecule has 6 nitrogen and oxygen atoms in total. The van der Waals surface area contributed by atoms with Crippen molar-refractivity contribution in [2.75, 3.05) is 13.4 Å². The van der Waals surface area contributed by atoms with E-state index in [2.05, 4.69) is 17.2 Å². The summed E-state index contributed by atoms with van der Waals surface area (Å²) in [6.07, 6.45) is 3.29. The summed E-state index contributed by atoms with van der Waals surface area (Å²) in [5.74, 6) is -1.67. The van der Waals surface area contributed by atoms with Gasteiger partial charge < -0.3 is 20.1 Å². The van der Waals surface area contributed by atoms with Crippen molar-refractivity contribution in [3.63, 3.8) is 0 Å². The number of aromatic nitrogens is 1. The molecule has 2 atom stereocenters. The van der Waals surface area contributed by atoms with E-state index in [1.54, 1.807) is 36.5 Å². The van der Waals surface area contributed by atoms with Gasteiger partial charge in [-0.25, -0.2) is 8.78 Å². The number of aromatic amines is 1. The van der Waals surface area contributed by atoms with Gasteiger partial charge in [-0.15, -0.1) is 0 Å². The molecule has 0 saturated carbocycles. The van der Waals surface area contributed by atoms with Crippen LogP contribution in [-0.4, -0.2) is 35.4 Å². The topological polar surface area (TPSA) is 91.4 Å². The van der Waals surface area contributed by atoms with Crippen LogP contribution in [0.3, 0.4) is 0 Å². The van der Waals surface area contributed by atoms with E-state index in [0.29, 0.717) is 22.2 Å². The van der Waals surface area contributed by atoms with Crippen LogP contribution in [0.1, 0.15) is 65.1 Å². The van der Waals surface area contributed by atoms with Crippen LogP contribution in [0.25, 0.3) is 10.9 Å². The van der Waals surface area contributed by atoms with Crippen molar-refractivity contribution in [2.45, 2.75) is 38.0 Å². The summed E-state index contributed by atoms with van der Waals surface area (Å²) in [5.41, 5.74) is 3.55. The monoisotopic (exact) mass is 554 g/mol. The van der Waals surface area contributed by atoms with E-state index in [9.17, 15) is 18.4 Å². The average Bonchev–Trinajstić information content (AvgIpc) is 3.33. The summed E-state index contributed by atoms with van der Waals surface area (Å²) < 4.78 is 32.5. The molecule has 204 valence electrons. The predicted octanol–water partition coefficient (Wildman–Crippen LogP) is 7.19. The Balaban J connectivity index is 1.76. The molecule has 0 saturated heterocycles. The van der Waals surface area contributed by atoms with E-state index >= 15 is 0 Å². The maximum Gasteiger partial charge on any atom is 0.305 e. The van der Waals surface area contributed by atoms with Gasteiger partial charge in [0.25, 0.3) is 5.91 Å². The van der Waals surface area contributed by atoms with E-state index in [0.717, 1.165) is 29.5 Å². The highest BCUT2D eigenvalue weighted by atomic mass is 35.5. The molecule has 0 unspecified atom stereocenters. The summed E-state index contributed by atoms with van der Waals surface area (Å²) in [5, 5.41) is 12.4. The van der Waals surface area contributed by atoms with Crippen LogP contribution in [0.15, 0.2) is 66.9 Å². The Hall–Kier alpha value is -3.91. The summed E-state index contributed by atoms with van der Waals surface area (Å²) >= 11 is 6.24. The van der Waals surface area contributed by atoms with Crippen molar-refractivity contribution in [3.05, 3.63) is 100.0 Å². The lowest BCUT2D eigenvalue weighted by atomic mass is 9.75. The number of hydrogen-bond acceptors (Lipinski definition) is 3. The van der Waals surface area contributed by atoms with Gasteiger partial charge in [0.15, 0.2) is 0 Å². The SMILES string of the molecule is CCC[C@H](c1ccc(C(=O)NCCC(=O)O)cc1)[C@H](c1ccc(OCF)cc1)c1c[nH]c2c(F)cc(Cl)cc12. The molecule has 4 aromatic rings. The van der Waals surface area contributed by atoms with Gasteiger partial charge in [0.1, 0.15) is 11.6 Å². The normalized spacial score (nSPS) is 12.7. The highest BCUT2D eigenvalue weighted by molar-refractivity contribution is 6.31. The Kier molecular flexibility index (Phi) is 9.19. The minimum Gasteiger partial charge on any atom is -0.481 e. The summed E-state index contributed by atoms with van der Waals surface area (Å²) in [4.78, 5) is 26.3. The average molecular weight is 555 g/mol. The standard InChI is InChI=1S/C30H29ClF2N2O4/c1-2-3-23(18-4-6-20(7-5-18)30(38)34-13-12-27(36)37)28(19-8-10-22(11-9-19)39-17-32)25-16-35-29-24(25)14-21(31)15-26(29)33/h4-11,14-16,23,28,35H,2-3,12-13,17H2,1H3,(H,34,38)(H,36,37)/t23-,28+/m1/s1. The van der Waals surface area contributed by atoms with Crippen molar-refractivity contribution in [1.82, 2.24) is 10.3 Å². The Morgan fingerprint density at radius 3 is 2.41 bits per heavy atom. The number of carboxylic acids is 1. The third-order valence-corrected chi connectivity index (χ3v) is 6.98. The van der Waals surface area contributed by atoms with Crippen molar-refractivity contribution in [1.29, 1.82) is 0 Å². The second kappa shape index (κ2) is 12.8. The summed E-state index contributed by atoms with van der Waals surface area (Å²) in [6.45, 7) is 1.19. The first-order chi connectivity index (χ1) is 18.8. The van der Waals surface area contributed by atoms with Crippen LogP contribution in [-0.2, 0) is 4.79 Å². The number of nitrogens with one attached hydrogen (secondary N) is 2. The number of carboxylic acid groups (broad SMARTS) is 1. The molecule has 3 aromatic carbocycles. The molecule has 0 aliphatic carbocycles. The van der Waals surface area contributed by atoms with Gasteiger partial charge in [0.2, 0.25) is 6.86 Å². The molecule has 9 heteroatoms. The smallest absolute Gasteiger partial charge is 0.305 e. The molecule has 0 spiro atoms. The van der Waals surface area contributed by atoms with Crippen LogP contribution in [0, 0.1) is 5.82 Å². The largest absolute Gasteiger partial charge is 0.481 e. The number of alkyl halides is 1. The molecule has 39 heavy (non-hydrogen) atoms. The van der Waals surface area contributed by atoms with E-state index in [-0.39, 0.29) is 35.7 Å². The van der Waals surface area contributed by atoms with E-state index in [4.69, 9.17) is 21.4 Å². The first-order valence-electron chi connectivity index (χ1n) is 12.7. The Labute approximate surface area is 230 Å². The first-order valence-corrected chi connectivity index (χ1v) is 13.0. The number of carbonyl (C=O) groups excluding carboxylic acids is 1. The lowest BCUT2D eigenvalue weighted by molar-refractivity contribution is -0.136. The zero-order valence-corrected chi connectivity index (χ0v) is 22.1. The molecule has 0 fully saturated rings. The van der Waals surface area contributed by atoms with Gasteiger partial charge >= 0.3 is 5.97 Å². The molecule has 4 rings (SSSR count). The molecule has 0 aliphatic heterocycles. The maximum absolute atomic E-state index is 14.8. The van der Waals surface area contributed by atoms with Crippen molar-refractivity contribution < 1.29 is 28.2 Å². The second-order valence-electron chi connectivity index (χ2n) is 9.27. The third kappa shape index (κ3) is 6.57. The molecular formula is C30H29ClF2N2O4. The Morgan fingerprint density at radius 2 is 1.77 bits per heavy atom. The van der Waals surface area contributed by atoms with E-state index in [1.165, 1.54) is 6.07 Å².